The van der Waals surface area contributed by atoms with Crippen LogP contribution in [0.25, 0.3) is 0 Å². The van der Waals surface area contributed by atoms with Crippen LogP contribution in [-0.4, -0.2) is 21.4 Å². The number of rotatable bonds is 3. The van der Waals surface area contributed by atoms with Gasteiger partial charge in [-0.1, -0.05) is 18.0 Å². The first-order valence-corrected chi connectivity index (χ1v) is 7.31. The SMILES string of the molecule is S=C(NNc1ccc(Cl)nn1)N[C@@H]1C[C@H]2CC[C@H]1C2. The van der Waals surface area contributed by atoms with Gasteiger partial charge < -0.3 is 5.32 Å². The Morgan fingerprint density at radius 1 is 1.26 bits per heavy atom. The van der Waals surface area contributed by atoms with Crippen LogP contribution in [-0.2, 0) is 0 Å². The fourth-order valence-electron chi connectivity index (χ4n) is 3.13. The molecule has 1 aromatic heterocycles. The molecule has 0 unspecified atom stereocenters. The zero-order chi connectivity index (χ0) is 13.2. The lowest BCUT2D eigenvalue weighted by molar-refractivity contribution is 0.390. The zero-order valence-corrected chi connectivity index (χ0v) is 12.0. The number of nitrogens with zero attached hydrogens (tertiary/aromatic N) is 2. The van der Waals surface area contributed by atoms with Crippen LogP contribution >= 0.6 is 23.8 Å². The third-order valence-corrected chi connectivity index (χ3v) is 4.41. The van der Waals surface area contributed by atoms with Crippen LogP contribution in [0.1, 0.15) is 25.7 Å². The van der Waals surface area contributed by atoms with E-state index in [0.717, 1.165) is 11.8 Å². The van der Waals surface area contributed by atoms with Gasteiger partial charge in [0.05, 0.1) is 0 Å². The van der Waals surface area contributed by atoms with Crippen molar-refractivity contribution >= 4 is 34.7 Å². The summed E-state index contributed by atoms with van der Waals surface area (Å²) in [4.78, 5) is 0. The number of hydrogen-bond donors (Lipinski definition) is 3. The summed E-state index contributed by atoms with van der Waals surface area (Å²) in [5.41, 5.74) is 5.83. The summed E-state index contributed by atoms with van der Waals surface area (Å²) in [5, 5.41) is 12.0. The Balaban J connectivity index is 1.45. The van der Waals surface area contributed by atoms with Gasteiger partial charge in [-0.25, -0.2) is 0 Å². The van der Waals surface area contributed by atoms with Crippen LogP contribution < -0.4 is 16.2 Å². The molecular formula is C12H16ClN5S. The van der Waals surface area contributed by atoms with Gasteiger partial charge in [-0.15, -0.1) is 10.2 Å². The van der Waals surface area contributed by atoms with Crippen molar-refractivity contribution < 1.29 is 0 Å². The van der Waals surface area contributed by atoms with Gasteiger partial charge in [0, 0.05) is 6.04 Å². The summed E-state index contributed by atoms with van der Waals surface area (Å²) in [6, 6.07) is 3.94. The van der Waals surface area contributed by atoms with E-state index >= 15 is 0 Å². The minimum absolute atomic E-state index is 0.369. The Morgan fingerprint density at radius 2 is 2.16 bits per heavy atom. The number of fused-ring (bicyclic) bond motifs is 2. The molecule has 3 N–H and O–H groups in total. The van der Waals surface area contributed by atoms with Crippen LogP contribution in [0.5, 0.6) is 0 Å². The fourth-order valence-corrected chi connectivity index (χ4v) is 3.43. The van der Waals surface area contributed by atoms with Crippen molar-refractivity contribution in [2.45, 2.75) is 31.7 Å². The van der Waals surface area contributed by atoms with Crippen LogP contribution in [0.4, 0.5) is 5.82 Å². The number of nitrogens with one attached hydrogen (secondary N) is 3. The lowest BCUT2D eigenvalue weighted by Gasteiger charge is -2.24. The molecule has 102 valence electrons. The second-order valence-electron chi connectivity index (χ2n) is 5.25. The molecule has 2 aliphatic carbocycles. The van der Waals surface area contributed by atoms with Crippen molar-refractivity contribution in [3.05, 3.63) is 17.3 Å². The molecule has 0 spiro atoms. The van der Waals surface area contributed by atoms with Gasteiger partial charge in [0.1, 0.15) is 0 Å². The molecule has 0 aliphatic heterocycles. The fraction of sp³-hybridized carbons (Fsp3) is 0.583. The minimum Gasteiger partial charge on any atom is -0.358 e. The van der Waals surface area contributed by atoms with E-state index in [4.69, 9.17) is 23.8 Å². The quantitative estimate of drug-likeness (QED) is 0.587. The maximum absolute atomic E-state index is 5.66. The Hall–Kier alpha value is -1.14. The molecular weight excluding hydrogens is 282 g/mol. The molecule has 0 aromatic carbocycles. The molecule has 19 heavy (non-hydrogen) atoms. The first kappa shape index (κ1) is 12.9. The van der Waals surface area contributed by atoms with Crippen molar-refractivity contribution in [1.29, 1.82) is 0 Å². The largest absolute Gasteiger partial charge is 0.358 e. The van der Waals surface area contributed by atoms with Gasteiger partial charge in [0.2, 0.25) is 0 Å². The number of aromatic nitrogens is 2. The highest BCUT2D eigenvalue weighted by Gasteiger charge is 2.39. The Morgan fingerprint density at radius 3 is 2.79 bits per heavy atom. The van der Waals surface area contributed by atoms with Crippen molar-refractivity contribution in [1.82, 2.24) is 20.9 Å². The summed E-state index contributed by atoms with van der Waals surface area (Å²) < 4.78 is 0. The minimum atomic E-state index is 0.369. The maximum Gasteiger partial charge on any atom is 0.185 e. The van der Waals surface area contributed by atoms with Gasteiger partial charge >= 0.3 is 0 Å². The normalized spacial score (nSPS) is 28.2. The van der Waals surface area contributed by atoms with E-state index in [9.17, 15) is 0 Å². The number of anilines is 1. The van der Waals surface area contributed by atoms with Crippen LogP contribution in [0.2, 0.25) is 5.15 Å². The molecule has 2 saturated carbocycles. The maximum atomic E-state index is 5.66. The van der Waals surface area contributed by atoms with Crippen LogP contribution in [0, 0.1) is 11.8 Å². The third kappa shape index (κ3) is 3.06. The van der Waals surface area contributed by atoms with Crippen molar-refractivity contribution in [3.63, 3.8) is 0 Å². The Bertz CT molecular complexity index is 466. The van der Waals surface area contributed by atoms with Crippen molar-refractivity contribution in [3.8, 4) is 0 Å². The van der Waals surface area contributed by atoms with E-state index in [2.05, 4.69) is 26.4 Å². The lowest BCUT2D eigenvalue weighted by atomic mass is 9.96. The van der Waals surface area contributed by atoms with Crippen LogP contribution in [0.3, 0.4) is 0 Å². The lowest BCUT2D eigenvalue weighted by Crippen LogP contribution is -2.46. The highest BCUT2D eigenvalue weighted by atomic mass is 35.5. The van der Waals surface area contributed by atoms with Gasteiger partial charge in [0.15, 0.2) is 16.1 Å². The van der Waals surface area contributed by atoms with Gasteiger partial charge in [-0.05, 0) is 55.4 Å². The molecule has 0 amide bonds. The highest BCUT2D eigenvalue weighted by molar-refractivity contribution is 7.80. The highest BCUT2D eigenvalue weighted by Crippen LogP contribution is 2.44. The molecule has 2 aliphatic rings. The Labute approximate surface area is 122 Å². The number of halogens is 1. The molecule has 5 nitrogen and oxygen atoms in total. The molecule has 2 bridgehead atoms. The van der Waals surface area contributed by atoms with Crippen molar-refractivity contribution in [2.24, 2.45) is 11.8 Å². The molecule has 3 rings (SSSR count). The summed E-state index contributed by atoms with van der Waals surface area (Å²) in [5.74, 6) is 2.28. The molecule has 1 heterocycles. The van der Waals surface area contributed by atoms with E-state index in [1.54, 1.807) is 12.1 Å². The Kier molecular flexibility index (Phi) is 3.70. The molecule has 2 fully saturated rings. The predicted molar refractivity (Wildman–Crippen MR) is 78.8 cm³/mol. The smallest absolute Gasteiger partial charge is 0.185 e. The summed E-state index contributed by atoms with van der Waals surface area (Å²) in [6.07, 6.45) is 5.33. The van der Waals surface area contributed by atoms with E-state index in [1.165, 1.54) is 25.7 Å². The standard InChI is InChI=1S/C12H16ClN5S/c13-10-3-4-11(16-15-10)17-18-12(19)14-9-6-7-1-2-8(9)5-7/h3-4,7-9H,1-2,5-6H2,(H,16,17)(H2,14,18,19)/t7-,8-,9+/m0/s1. The van der Waals surface area contributed by atoms with E-state index < -0.39 is 0 Å². The number of hydrogen-bond acceptors (Lipinski definition) is 4. The van der Waals surface area contributed by atoms with Crippen LogP contribution in [0.15, 0.2) is 12.1 Å². The molecule has 0 radical (unpaired) electrons. The molecule has 1 aromatic rings. The van der Waals surface area contributed by atoms with Gasteiger partial charge in [0.25, 0.3) is 0 Å². The average molecular weight is 298 g/mol. The van der Waals surface area contributed by atoms with Gasteiger partial charge in [-0.2, -0.15) is 0 Å². The van der Waals surface area contributed by atoms with Gasteiger partial charge in [-0.3, -0.25) is 10.9 Å². The first-order valence-electron chi connectivity index (χ1n) is 6.52. The summed E-state index contributed by atoms with van der Waals surface area (Å²) >= 11 is 10.9. The average Bonchev–Trinajstić information content (AvgIpc) is 3.00. The summed E-state index contributed by atoms with van der Waals surface area (Å²) in [6.45, 7) is 0. The van der Waals surface area contributed by atoms with E-state index in [1.807, 2.05) is 0 Å². The topological polar surface area (TPSA) is 61.9 Å². The number of thiocarbonyl (C=S) groups is 1. The molecule has 0 saturated heterocycles. The first-order chi connectivity index (χ1) is 9.20. The molecule has 3 atom stereocenters. The summed E-state index contributed by atoms with van der Waals surface area (Å²) in [7, 11) is 0. The predicted octanol–water partition coefficient (Wildman–Crippen LogP) is 2.11. The monoisotopic (exact) mass is 297 g/mol. The van der Waals surface area contributed by atoms with Crippen molar-refractivity contribution in [2.75, 3.05) is 5.43 Å². The zero-order valence-electron chi connectivity index (χ0n) is 10.4. The van der Waals surface area contributed by atoms with E-state index in [-0.39, 0.29) is 0 Å². The second-order valence-corrected chi connectivity index (χ2v) is 6.04. The second kappa shape index (κ2) is 5.46. The molecule has 7 heteroatoms. The third-order valence-electron chi connectivity index (χ3n) is 3.99. The van der Waals surface area contributed by atoms with E-state index in [0.29, 0.717) is 22.1 Å². The number of hydrazine groups is 1.